The zero-order valence-electron chi connectivity index (χ0n) is 5.83. The summed E-state index contributed by atoms with van der Waals surface area (Å²) in [5, 5.41) is 0. The third-order valence-corrected chi connectivity index (χ3v) is 1.78. The van der Waals surface area contributed by atoms with Crippen molar-refractivity contribution >= 4 is 12.0 Å². The predicted octanol–water partition coefficient (Wildman–Crippen LogP) is 1.65. The minimum Gasteiger partial charge on any atom is -0.241 e. The number of nitrogens with zero attached hydrogens (tertiary/aromatic N) is 2. The molecule has 0 aromatic carbocycles. The Kier molecular flexibility index (Phi) is 1.07. The molecule has 2 nitrogen and oxygen atoms in total. The van der Waals surface area contributed by atoms with E-state index in [1.807, 2.05) is 12.3 Å². The summed E-state index contributed by atoms with van der Waals surface area (Å²) in [6.45, 7) is 2.09. The Morgan fingerprint density at radius 3 is 3.20 bits per heavy atom. The lowest BCUT2D eigenvalue weighted by atomic mass is 10.1. The summed E-state index contributed by atoms with van der Waals surface area (Å²) in [6.07, 6.45) is 4.66. The molecule has 0 aliphatic carbocycles. The zero-order chi connectivity index (χ0) is 6.97. The first-order chi connectivity index (χ1) is 4.88. The van der Waals surface area contributed by atoms with Crippen molar-refractivity contribution < 1.29 is 0 Å². The minimum atomic E-state index is 0.903. The minimum absolute atomic E-state index is 0.903. The Morgan fingerprint density at radius 2 is 2.40 bits per heavy atom. The second-order valence-electron chi connectivity index (χ2n) is 2.45. The average molecular weight is 132 g/mol. The van der Waals surface area contributed by atoms with Crippen molar-refractivity contribution in [2.75, 3.05) is 0 Å². The summed E-state index contributed by atoms with van der Waals surface area (Å²) in [4.78, 5) is 8.25. The fraction of sp³-hybridized carbons (Fsp3) is 0.250. The first kappa shape index (κ1) is 5.59. The highest BCUT2D eigenvalue weighted by atomic mass is 14.9. The van der Waals surface area contributed by atoms with Gasteiger partial charge in [-0.05, 0) is 18.6 Å². The summed E-state index contributed by atoms with van der Waals surface area (Å²) < 4.78 is 0. The van der Waals surface area contributed by atoms with Crippen molar-refractivity contribution in [2.24, 2.45) is 4.99 Å². The van der Waals surface area contributed by atoms with Gasteiger partial charge in [0.2, 0.25) is 0 Å². The molecule has 0 saturated carbocycles. The molecule has 0 N–H and O–H groups in total. The van der Waals surface area contributed by atoms with E-state index in [2.05, 4.69) is 16.9 Å². The Bertz CT molecular complexity index is 289. The molecule has 0 bridgehead atoms. The lowest BCUT2D eigenvalue weighted by Gasteiger charge is -1.98. The zero-order valence-corrected chi connectivity index (χ0v) is 5.83. The molecule has 2 rings (SSSR count). The van der Waals surface area contributed by atoms with E-state index in [9.17, 15) is 0 Å². The molecule has 0 spiro atoms. The quantitative estimate of drug-likeness (QED) is 0.527. The Labute approximate surface area is 59.6 Å². The number of fused-ring (bicyclic) bond motifs is 1. The van der Waals surface area contributed by atoms with Crippen molar-refractivity contribution in [3.05, 3.63) is 23.4 Å². The Morgan fingerprint density at radius 1 is 1.50 bits per heavy atom. The van der Waals surface area contributed by atoms with E-state index in [1.54, 1.807) is 6.20 Å². The fourth-order valence-corrected chi connectivity index (χ4v) is 1.16. The lowest BCUT2D eigenvalue weighted by Crippen LogP contribution is -1.85. The smallest absolute Gasteiger partial charge is 0.155 e. The van der Waals surface area contributed by atoms with E-state index < -0.39 is 0 Å². The molecule has 2 heterocycles. The molecular formula is C8H8N2. The van der Waals surface area contributed by atoms with Gasteiger partial charge in [0.15, 0.2) is 5.82 Å². The number of hydrogen-bond donors (Lipinski definition) is 0. The lowest BCUT2D eigenvalue weighted by molar-refractivity contribution is 1.20. The van der Waals surface area contributed by atoms with Crippen LogP contribution in [0, 0.1) is 6.92 Å². The maximum Gasteiger partial charge on any atom is 0.155 e. The molecule has 0 fully saturated rings. The normalized spacial score (nSPS) is 13.7. The third-order valence-electron chi connectivity index (χ3n) is 1.78. The molecule has 0 atom stereocenters. The number of aromatic nitrogens is 1. The van der Waals surface area contributed by atoms with Crippen LogP contribution in [0.4, 0.5) is 5.82 Å². The van der Waals surface area contributed by atoms with Crippen LogP contribution < -0.4 is 0 Å². The number of pyridine rings is 1. The van der Waals surface area contributed by atoms with Crippen LogP contribution in [-0.2, 0) is 6.42 Å². The van der Waals surface area contributed by atoms with Crippen molar-refractivity contribution in [3.8, 4) is 0 Å². The largest absolute Gasteiger partial charge is 0.241 e. The predicted molar refractivity (Wildman–Crippen MR) is 40.8 cm³/mol. The molecule has 0 unspecified atom stereocenters. The van der Waals surface area contributed by atoms with Crippen LogP contribution in [0.5, 0.6) is 0 Å². The summed E-state index contributed by atoms with van der Waals surface area (Å²) in [5.74, 6) is 0.903. The van der Waals surface area contributed by atoms with Gasteiger partial charge < -0.3 is 0 Å². The van der Waals surface area contributed by atoms with Gasteiger partial charge in [-0.1, -0.05) is 0 Å². The van der Waals surface area contributed by atoms with Crippen molar-refractivity contribution in [1.29, 1.82) is 0 Å². The standard InChI is InChI=1S/C8H8N2/c1-6-2-4-9-8-7(6)3-5-10-8/h2,4-5H,3H2,1H3. The van der Waals surface area contributed by atoms with E-state index in [4.69, 9.17) is 0 Å². The van der Waals surface area contributed by atoms with Crippen LogP contribution in [0.15, 0.2) is 17.3 Å². The third kappa shape index (κ3) is 0.652. The molecule has 2 heteroatoms. The monoisotopic (exact) mass is 132 g/mol. The fourth-order valence-electron chi connectivity index (χ4n) is 1.16. The number of aryl methyl sites for hydroxylation is 1. The maximum atomic E-state index is 4.12. The highest BCUT2D eigenvalue weighted by Crippen LogP contribution is 2.23. The van der Waals surface area contributed by atoms with Gasteiger partial charge >= 0.3 is 0 Å². The number of rotatable bonds is 0. The van der Waals surface area contributed by atoms with Crippen LogP contribution in [0.25, 0.3) is 0 Å². The summed E-state index contributed by atoms with van der Waals surface area (Å²) >= 11 is 0. The van der Waals surface area contributed by atoms with E-state index in [-0.39, 0.29) is 0 Å². The molecule has 50 valence electrons. The van der Waals surface area contributed by atoms with Crippen LogP contribution in [0.3, 0.4) is 0 Å². The van der Waals surface area contributed by atoms with Crippen LogP contribution >= 0.6 is 0 Å². The van der Waals surface area contributed by atoms with E-state index >= 15 is 0 Å². The molecule has 0 saturated heterocycles. The van der Waals surface area contributed by atoms with Gasteiger partial charge in [0.1, 0.15) is 0 Å². The molecule has 0 radical (unpaired) electrons. The van der Waals surface area contributed by atoms with E-state index in [0.29, 0.717) is 0 Å². The summed E-state index contributed by atoms with van der Waals surface area (Å²) in [7, 11) is 0. The Hall–Kier alpha value is -1.18. The summed E-state index contributed by atoms with van der Waals surface area (Å²) in [5.41, 5.74) is 2.57. The van der Waals surface area contributed by atoms with Gasteiger partial charge in [0.25, 0.3) is 0 Å². The number of aliphatic imine (C=N–C) groups is 1. The van der Waals surface area contributed by atoms with Crippen molar-refractivity contribution in [3.63, 3.8) is 0 Å². The van der Waals surface area contributed by atoms with Crippen molar-refractivity contribution in [2.45, 2.75) is 13.3 Å². The molecule has 1 aromatic rings. The maximum absolute atomic E-state index is 4.12. The first-order valence-corrected chi connectivity index (χ1v) is 3.35. The highest BCUT2D eigenvalue weighted by Gasteiger charge is 2.08. The molecule has 1 aliphatic rings. The van der Waals surface area contributed by atoms with Gasteiger partial charge in [0.05, 0.1) is 0 Å². The molecule has 10 heavy (non-hydrogen) atoms. The van der Waals surface area contributed by atoms with Crippen molar-refractivity contribution in [1.82, 2.24) is 4.98 Å². The molecule has 1 aromatic heterocycles. The van der Waals surface area contributed by atoms with Gasteiger partial charge in [-0.2, -0.15) is 0 Å². The van der Waals surface area contributed by atoms with E-state index in [0.717, 1.165) is 12.2 Å². The van der Waals surface area contributed by atoms with Crippen LogP contribution in [0.2, 0.25) is 0 Å². The average Bonchev–Trinajstić information content (AvgIpc) is 2.36. The van der Waals surface area contributed by atoms with Crippen LogP contribution in [-0.4, -0.2) is 11.2 Å². The molecule has 0 amide bonds. The van der Waals surface area contributed by atoms with Gasteiger partial charge in [-0.15, -0.1) is 0 Å². The molecule has 1 aliphatic heterocycles. The second-order valence-corrected chi connectivity index (χ2v) is 2.45. The van der Waals surface area contributed by atoms with Crippen LogP contribution in [0.1, 0.15) is 11.1 Å². The van der Waals surface area contributed by atoms with E-state index in [1.165, 1.54) is 11.1 Å². The molecular weight excluding hydrogens is 124 g/mol. The van der Waals surface area contributed by atoms with Gasteiger partial charge in [0, 0.05) is 24.4 Å². The topological polar surface area (TPSA) is 25.2 Å². The van der Waals surface area contributed by atoms with Gasteiger partial charge in [-0.3, -0.25) is 0 Å². The highest BCUT2D eigenvalue weighted by molar-refractivity contribution is 5.74. The summed E-state index contributed by atoms with van der Waals surface area (Å²) in [6, 6.07) is 2.02. The van der Waals surface area contributed by atoms with Gasteiger partial charge in [-0.25, -0.2) is 9.98 Å². The Balaban J connectivity index is 2.66. The number of hydrogen-bond acceptors (Lipinski definition) is 2. The SMILES string of the molecule is Cc1ccnc2c1CC=N2. The second kappa shape index (κ2) is 1.90. The first-order valence-electron chi connectivity index (χ1n) is 3.35.